The third-order valence-electron chi connectivity index (χ3n) is 5.20. The minimum absolute atomic E-state index is 0.192. The van der Waals surface area contributed by atoms with Gasteiger partial charge >= 0.3 is 0 Å². The molecule has 5 rings (SSSR count). The summed E-state index contributed by atoms with van der Waals surface area (Å²) in [6.07, 6.45) is 4.33. The molecule has 1 aliphatic heterocycles. The molecule has 3 aromatic rings. The fraction of sp³-hybridized carbons (Fsp3) is 0.250. The Bertz CT molecular complexity index is 1120. The van der Waals surface area contributed by atoms with Crippen molar-refractivity contribution in [2.75, 3.05) is 0 Å². The number of aryl methyl sites for hydroxylation is 1. The molecular formula is C20H18N2O4S. The Balaban J connectivity index is 1.50. The van der Waals surface area contributed by atoms with E-state index in [1.165, 1.54) is 5.56 Å². The minimum atomic E-state index is -3.69. The van der Waals surface area contributed by atoms with E-state index in [4.69, 9.17) is 9.26 Å². The summed E-state index contributed by atoms with van der Waals surface area (Å²) in [6, 6.07) is 12.6. The lowest BCUT2D eigenvalue weighted by Gasteiger charge is -2.26. The van der Waals surface area contributed by atoms with Crippen LogP contribution in [0.2, 0.25) is 0 Å². The zero-order chi connectivity index (χ0) is 18.4. The van der Waals surface area contributed by atoms with Crippen LogP contribution in [0.25, 0.3) is 11.3 Å². The number of sulfonamides is 1. The van der Waals surface area contributed by atoms with E-state index < -0.39 is 10.0 Å². The smallest absolute Gasteiger partial charge is 0.241 e. The first-order chi connectivity index (χ1) is 13.1. The van der Waals surface area contributed by atoms with Crippen molar-refractivity contribution in [3.05, 3.63) is 65.4 Å². The van der Waals surface area contributed by atoms with E-state index in [1.807, 2.05) is 18.2 Å². The fourth-order valence-electron chi connectivity index (χ4n) is 3.85. The molecule has 7 heteroatoms. The van der Waals surface area contributed by atoms with Gasteiger partial charge in [-0.2, -0.15) is 0 Å². The van der Waals surface area contributed by atoms with E-state index >= 15 is 0 Å². The molecule has 1 atom stereocenters. The summed E-state index contributed by atoms with van der Waals surface area (Å²) in [7, 11) is -3.69. The standard InChI is InChI=1S/C20H18N2O4S/c23-27(24,22-18-7-3-5-13-4-1-2-6-16(13)18)15-8-9-19-17(10-15)20-14(12-25-19)11-21-26-20/h1-2,4,6,8-11,18,22H,3,5,7,12H2. The van der Waals surface area contributed by atoms with Crippen LogP contribution in [0.1, 0.15) is 35.6 Å². The molecule has 2 heterocycles. The average molecular weight is 382 g/mol. The van der Waals surface area contributed by atoms with Gasteiger partial charge in [0.1, 0.15) is 12.4 Å². The molecule has 6 nitrogen and oxygen atoms in total. The predicted molar refractivity (Wildman–Crippen MR) is 98.7 cm³/mol. The molecule has 0 saturated heterocycles. The van der Waals surface area contributed by atoms with Crippen molar-refractivity contribution >= 4 is 10.0 Å². The molecule has 0 radical (unpaired) electrons. The van der Waals surface area contributed by atoms with Crippen LogP contribution in [0.5, 0.6) is 5.75 Å². The monoisotopic (exact) mass is 382 g/mol. The molecule has 2 aromatic carbocycles. The van der Waals surface area contributed by atoms with Gasteiger partial charge in [0.05, 0.1) is 22.2 Å². The van der Waals surface area contributed by atoms with Gasteiger partial charge in [-0.05, 0) is 48.6 Å². The predicted octanol–water partition coefficient (Wildman–Crippen LogP) is 3.59. The number of aromatic nitrogens is 1. The van der Waals surface area contributed by atoms with Crippen LogP contribution in [0.4, 0.5) is 0 Å². The molecule has 1 N–H and O–H groups in total. The summed E-state index contributed by atoms with van der Waals surface area (Å²) in [6.45, 7) is 0.370. The Hall–Kier alpha value is -2.64. The van der Waals surface area contributed by atoms with Gasteiger partial charge in [-0.1, -0.05) is 29.4 Å². The second kappa shape index (κ2) is 6.21. The molecule has 1 unspecified atom stereocenters. The number of hydrogen-bond donors (Lipinski definition) is 1. The molecule has 2 aliphatic rings. The summed E-state index contributed by atoms with van der Waals surface area (Å²) in [5.41, 5.74) is 3.69. The first-order valence-electron chi connectivity index (χ1n) is 8.93. The van der Waals surface area contributed by atoms with Gasteiger partial charge in [-0.25, -0.2) is 13.1 Å². The summed E-state index contributed by atoms with van der Waals surface area (Å²) >= 11 is 0. The van der Waals surface area contributed by atoms with Crippen LogP contribution < -0.4 is 9.46 Å². The van der Waals surface area contributed by atoms with E-state index in [0.29, 0.717) is 23.7 Å². The van der Waals surface area contributed by atoms with Crippen molar-refractivity contribution < 1.29 is 17.7 Å². The number of benzene rings is 2. The van der Waals surface area contributed by atoms with E-state index in [0.717, 1.165) is 30.4 Å². The van der Waals surface area contributed by atoms with Crippen molar-refractivity contribution in [1.82, 2.24) is 9.88 Å². The molecule has 0 amide bonds. The van der Waals surface area contributed by atoms with Gasteiger partial charge in [0.25, 0.3) is 0 Å². The maximum absolute atomic E-state index is 13.0. The van der Waals surface area contributed by atoms with Crippen LogP contribution in [0.3, 0.4) is 0 Å². The molecule has 27 heavy (non-hydrogen) atoms. The van der Waals surface area contributed by atoms with Crippen LogP contribution in [-0.4, -0.2) is 13.6 Å². The third-order valence-corrected chi connectivity index (χ3v) is 6.67. The van der Waals surface area contributed by atoms with Gasteiger partial charge in [0.2, 0.25) is 10.0 Å². The summed E-state index contributed by atoms with van der Waals surface area (Å²) < 4.78 is 39.9. The van der Waals surface area contributed by atoms with Gasteiger partial charge < -0.3 is 9.26 Å². The average Bonchev–Trinajstić information content (AvgIpc) is 3.17. The highest BCUT2D eigenvalue weighted by Crippen LogP contribution is 2.39. The number of rotatable bonds is 3. The second-order valence-corrected chi connectivity index (χ2v) is 8.61. The largest absolute Gasteiger partial charge is 0.488 e. The van der Waals surface area contributed by atoms with Gasteiger partial charge in [-0.3, -0.25) is 0 Å². The van der Waals surface area contributed by atoms with Crippen LogP contribution >= 0.6 is 0 Å². The molecule has 0 spiro atoms. The lowest BCUT2D eigenvalue weighted by Crippen LogP contribution is -2.31. The number of nitrogens with zero attached hydrogens (tertiary/aromatic N) is 1. The molecule has 0 bridgehead atoms. The molecular weight excluding hydrogens is 364 g/mol. The Morgan fingerprint density at radius 2 is 2.00 bits per heavy atom. The highest BCUT2D eigenvalue weighted by molar-refractivity contribution is 7.89. The lowest BCUT2D eigenvalue weighted by molar-refractivity contribution is 0.297. The highest BCUT2D eigenvalue weighted by Gasteiger charge is 2.28. The van der Waals surface area contributed by atoms with Crippen molar-refractivity contribution in [2.24, 2.45) is 0 Å². The summed E-state index contributed by atoms with van der Waals surface area (Å²) in [4.78, 5) is 0.192. The molecule has 138 valence electrons. The molecule has 1 aliphatic carbocycles. The van der Waals surface area contributed by atoms with Crippen molar-refractivity contribution in [3.63, 3.8) is 0 Å². The Morgan fingerprint density at radius 1 is 1.11 bits per heavy atom. The van der Waals surface area contributed by atoms with E-state index in [9.17, 15) is 8.42 Å². The Morgan fingerprint density at radius 3 is 2.93 bits per heavy atom. The normalized spacial score (nSPS) is 18.1. The topological polar surface area (TPSA) is 81.4 Å². The first kappa shape index (κ1) is 16.5. The maximum atomic E-state index is 13.0. The van der Waals surface area contributed by atoms with E-state index in [-0.39, 0.29) is 10.9 Å². The summed E-state index contributed by atoms with van der Waals surface area (Å²) in [5, 5.41) is 3.79. The minimum Gasteiger partial charge on any atom is -0.488 e. The zero-order valence-corrected chi connectivity index (χ0v) is 15.3. The van der Waals surface area contributed by atoms with Crippen molar-refractivity contribution in [3.8, 4) is 17.1 Å². The van der Waals surface area contributed by atoms with Crippen LogP contribution in [-0.2, 0) is 23.1 Å². The van der Waals surface area contributed by atoms with Gasteiger partial charge in [0, 0.05) is 6.04 Å². The SMILES string of the molecule is O=S(=O)(NC1CCCc2ccccc21)c1ccc2c(c1)-c1oncc1CO2. The Kier molecular flexibility index (Phi) is 3.80. The first-order valence-corrected chi connectivity index (χ1v) is 10.4. The second-order valence-electron chi connectivity index (χ2n) is 6.89. The summed E-state index contributed by atoms with van der Waals surface area (Å²) in [5.74, 6) is 1.16. The van der Waals surface area contributed by atoms with Crippen molar-refractivity contribution in [2.45, 2.75) is 36.8 Å². The lowest BCUT2D eigenvalue weighted by atomic mass is 9.88. The van der Waals surface area contributed by atoms with Crippen LogP contribution in [0, 0.1) is 0 Å². The number of fused-ring (bicyclic) bond motifs is 4. The quantitative estimate of drug-likeness (QED) is 0.749. The number of hydrogen-bond acceptors (Lipinski definition) is 5. The molecule has 0 saturated carbocycles. The number of ether oxygens (including phenoxy) is 1. The Labute approximate surface area is 157 Å². The molecule has 1 aromatic heterocycles. The third kappa shape index (κ3) is 2.83. The fourth-order valence-corrected chi connectivity index (χ4v) is 5.13. The van der Waals surface area contributed by atoms with Gasteiger partial charge in [0.15, 0.2) is 5.76 Å². The van der Waals surface area contributed by atoms with Crippen LogP contribution in [0.15, 0.2) is 58.1 Å². The van der Waals surface area contributed by atoms with Gasteiger partial charge in [-0.15, -0.1) is 0 Å². The highest BCUT2D eigenvalue weighted by atomic mass is 32.2. The van der Waals surface area contributed by atoms with E-state index in [1.54, 1.807) is 24.4 Å². The van der Waals surface area contributed by atoms with E-state index in [2.05, 4.69) is 15.9 Å². The molecule has 0 fully saturated rings. The zero-order valence-electron chi connectivity index (χ0n) is 14.5. The van der Waals surface area contributed by atoms with Crippen molar-refractivity contribution in [1.29, 1.82) is 0 Å². The maximum Gasteiger partial charge on any atom is 0.241 e. The number of nitrogens with one attached hydrogen (secondary N) is 1.